The van der Waals surface area contributed by atoms with Crippen LogP contribution < -0.4 is 0 Å². The Morgan fingerprint density at radius 3 is 2.83 bits per heavy atom. The molecular formula is C15H18ClN5OS. The molecule has 0 N–H and O–H groups in total. The third-order valence-electron chi connectivity index (χ3n) is 3.87. The molecule has 0 unspecified atom stereocenters. The van der Waals surface area contributed by atoms with Gasteiger partial charge < -0.3 is 4.90 Å². The molecule has 1 aromatic carbocycles. The summed E-state index contributed by atoms with van der Waals surface area (Å²) in [6.45, 7) is 3.66. The number of hydrogen-bond acceptors (Lipinski definition) is 5. The highest BCUT2D eigenvalue weighted by Gasteiger charge is 2.18. The maximum atomic E-state index is 12.2. The fourth-order valence-corrected chi connectivity index (χ4v) is 3.47. The van der Waals surface area contributed by atoms with Crippen molar-refractivity contribution in [2.24, 2.45) is 0 Å². The SMILES string of the molecule is Cc1ccc(-n2nnnc2SCC(=O)N2CCCCC2)cc1Cl. The molecule has 1 fully saturated rings. The number of halogens is 1. The molecule has 2 aromatic rings. The first-order chi connectivity index (χ1) is 11.1. The first kappa shape index (κ1) is 16.3. The highest BCUT2D eigenvalue weighted by atomic mass is 35.5. The Morgan fingerprint density at radius 1 is 1.30 bits per heavy atom. The highest BCUT2D eigenvalue weighted by molar-refractivity contribution is 7.99. The summed E-state index contributed by atoms with van der Waals surface area (Å²) in [5, 5.41) is 13.0. The van der Waals surface area contributed by atoms with E-state index < -0.39 is 0 Å². The fraction of sp³-hybridized carbons (Fsp3) is 0.467. The molecule has 1 aromatic heterocycles. The summed E-state index contributed by atoms with van der Waals surface area (Å²) in [7, 11) is 0. The molecule has 0 radical (unpaired) electrons. The number of thioether (sulfide) groups is 1. The molecule has 0 atom stereocenters. The second kappa shape index (κ2) is 7.31. The number of nitrogens with zero attached hydrogens (tertiary/aromatic N) is 5. The Morgan fingerprint density at radius 2 is 2.09 bits per heavy atom. The van der Waals surface area contributed by atoms with Gasteiger partial charge in [0.25, 0.3) is 0 Å². The molecule has 23 heavy (non-hydrogen) atoms. The van der Waals surface area contributed by atoms with Gasteiger partial charge >= 0.3 is 0 Å². The van der Waals surface area contributed by atoms with E-state index in [1.807, 2.05) is 30.0 Å². The monoisotopic (exact) mass is 351 g/mol. The van der Waals surface area contributed by atoms with Crippen molar-refractivity contribution in [2.45, 2.75) is 31.3 Å². The van der Waals surface area contributed by atoms with Gasteiger partial charge in [0.2, 0.25) is 11.1 Å². The van der Waals surface area contributed by atoms with Crippen LogP contribution >= 0.6 is 23.4 Å². The molecule has 1 aliphatic rings. The first-order valence-corrected chi connectivity index (χ1v) is 8.97. The summed E-state index contributed by atoms with van der Waals surface area (Å²) in [5.41, 5.74) is 1.79. The number of rotatable bonds is 4. The summed E-state index contributed by atoms with van der Waals surface area (Å²) in [6.07, 6.45) is 3.40. The van der Waals surface area contributed by atoms with Crippen molar-refractivity contribution in [3.8, 4) is 5.69 Å². The van der Waals surface area contributed by atoms with E-state index >= 15 is 0 Å². The van der Waals surface area contributed by atoms with Crippen molar-refractivity contribution in [1.29, 1.82) is 0 Å². The molecular weight excluding hydrogens is 334 g/mol. The molecule has 2 heterocycles. The van der Waals surface area contributed by atoms with Crippen LogP contribution in [-0.2, 0) is 4.79 Å². The number of amides is 1. The van der Waals surface area contributed by atoms with E-state index in [2.05, 4.69) is 15.5 Å². The van der Waals surface area contributed by atoms with Crippen molar-refractivity contribution in [3.63, 3.8) is 0 Å². The number of hydrogen-bond donors (Lipinski definition) is 0. The van der Waals surface area contributed by atoms with E-state index in [-0.39, 0.29) is 5.91 Å². The Bertz CT molecular complexity index is 699. The summed E-state index contributed by atoms with van der Waals surface area (Å²) in [6, 6.07) is 5.66. The molecule has 0 aliphatic carbocycles. The maximum absolute atomic E-state index is 12.2. The number of carbonyl (C=O) groups excluding carboxylic acids is 1. The molecule has 3 rings (SSSR count). The zero-order chi connectivity index (χ0) is 16.2. The second-order valence-electron chi connectivity index (χ2n) is 5.54. The highest BCUT2D eigenvalue weighted by Crippen LogP contribution is 2.23. The van der Waals surface area contributed by atoms with Crippen LogP contribution in [0.5, 0.6) is 0 Å². The van der Waals surface area contributed by atoms with Gasteiger partial charge in [-0.25, -0.2) is 0 Å². The average molecular weight is 352 g/mol. The number of benzene rings is 1. The summed E-state index contributed by atoms with van der Waals surface area (Å²) < 4.78 is 1.61. The lowest BCUT2D eigenvalue weighted by molar-refractivity contribution is -0.129. The van der Waals surface area contributed by atoms with E-state index in [9.17, 15) is 4.79 Å². The minimum Gasteiger partial charge on any atom is -0.342 e. The van der Waals surface area contributed by atoms with Gasteiger partial charge in [0.15, 0.2) is 0 Å². The quantitative estimate of drug-likeness (QED) is 0.792. The van der Waals surface area contributed by atoms with E-state index in [4.69, 9.17) is 11.6 Å². The van der Waals surface area contributed by atoms with Crippen LogP contribution in [0.4, 0.5) is 0 Å². The zero-order valence-electron chi connectivity index (χ0n) is 12.9. The van der Waals surface area contributed by atoms with Crippen LogP contribution in [-0.4, -0.2) is 49.9 Å². The zero-order valence-corrected chi connectivity index (χ0v) is 14.5. The smallest absolute Gasteiger partial charge is 0.233 e. The Hall–Kier alpha value is -1.60. The molecule has 1 saturated heterocycles. The Kier molecular flexibility index (Phi) is 5.17. The number of aryl methyl sites for hydroxylation is 1. The van der Waals surface area contributed by atoms with Crippen molar-refractivity contribution in [2.75, 3.05) is 18.8 Å². The lowest BCUT2D eigenvalue weighted by Gasteiger charge is -2.26. The molecule has 0 saturated carbocycles. The van der Waals surface area contributed by atoms with E-state index in [0.717, 1.165) is 37.2 Å². The maximum Gasteiger partial charge on any atom is 0.233 e. The van der Waals surface area contributed by atoms with Crippen LogP contribution in [0.25, 0.3) is 5.69 Å². The van der Waals surface area contributed by atoms with Crippen molar-refractivity contribution >= 4 is 29.3 Å². The largest absolute Gasteiger partial charge is 0.342 e. The van der Waals surface area contributed by atoms with Crippen LogP contribution in [0.2, 0.25) is 5.02 Å². The van der Waals surface area contributed by atoms with Gasteiger partial charge in [-0.3, -0.25) is 4.79 Å². The number of piperidine rings is 1. The number of likely N-dealkylation sites (tertiary alicyclic amines) is 1. The van der Waals surface area contributed by atoms with Crippen molar-refractivity contribution in [3.05, 3.63) is 28.8 Å². The summed E-state index contributed by atoms with van der Waals surface area (Å²) in [5.74, 6) is 0.492. The van der Waals surface area contributed by atoms with Gasteiger partial charge in [0.05, 0.1) is 11.4 Å². The second-order valence-corrected chi connectivity index (χ2v) is 6.89. The van der Waals surface area contributed by atoms with Crippen LogP contribution in [0, 0.1) is 6.92 Å². The van der Waals surface area contributed by atoms with Crippen molar-refractivity contribution < 1.29 is 4.79 Å². The normalized spacial score (nSPS) is 15.0. The molecule has 1 aliphatic heterocycles. The molecule has 6 nitrogen and oxygen atoms in total. The van der Waals surface area contributed by atoms with Gasteiger partial charge in [-0.2, -0.15) is 4.68 Å². The topological polar surface area (TPSA) is 63.9 Å². The minimum atomic E-state index is 0.145. The summed E-state index contributed by atoms with van der Waals surface area (Å²) in [4.78, 5) is 14.2. The standard InChI is InChI=1S/C15H18ClN5OS/c1-11-5-6-12(9-13(11)16)21-15(17-18-19-21)23-10-14(22)20-7-3-2-4-8-20/h5-6,9H,2-4,7-8,10H2,1H3. The average Bonchev–Trinajstić information content (AvgIpc) is 3.04. The molecule has 1 amide bonds. The van der Waals surface area contributed by atoms with E-state index in [1.54, 1.807) is 4.68 Å². The Labute approximate surface area is 144 Å². The first-order valence-electron chi connectivity index (χ1n) is 7.60. The minimum absolute atomic E-state index is 0.145. The lowest BCUT2D eigenvalue weighted by atomic mass is 10.1. The number of tetrazole rings is 1. The molecule has 122 valence electrons. The molecule has 0 spiro atoms. The predicted octanol–water partition coefficient (Wildman–Crippen LogP) is 2.73. The van der Waals surface area contributed by atoms with Gasteiger partial charge in [-0.1, -0.05) is 29.4 Å². The van der Waals surface area contributed by atoms with Gasteiger partial charge in [0.1, 0.15) is 0 Å². The molecule has 8 heteroatoms. The third kappa shape index (κ3) is 3.84. The number of aromatic nitrogens is 4. The molecule has 0 bridgehead atoms. The van der Waals surface area contributed by atoms with Crippen molar-refractivity contribution in [1.82, 2.24) is 25.1 Å². The third-order valence-corrected chi connectivity index (χ3v) is 5.19. The van der Waals surface area contributed by atoms with E-state index in [0.29, 0.717) is 15.9 Å². The van der Waals surface area contributed by atoms with Gasteiger partial charge in [-0.05, 0) is 54.3 Å². The number of carbonyl (C=O) groups is 1. The van der Waals surface area contributed by atoms with Gasteiger partial charge in [-0.15, -0.1) is 5.10 Å². The van der Waals surface area contributed by atoms with Crippen LogP contribution in [0.15, 0.2) is 23.4 Å². The van der Waals surface area contributed by atoms with E-state index in [1.165, 1.54) is 18.2 Å². The summed E-state index contributed by atoms with van der Waals surface area (Å²) >= 11 is 7.52. The van der Waals surface area contributed by atoms with Crippen LogP contribution in [0.3, 0.4) is 0 Å². The Balaban J connectivity index is 1.68. The van der Waals surface area contributed by atoms with Crippen LogP contribution in [0.1, 0.15) is 24.8 Å². The lowest BCUT2D eigenvalue weighted by Crippen LogP contribution is -2.36. The fourth-order valence-electron chi connectivity index (χ4n) is 2.51. The van der Waals surface area contributed by atoms with Gasteiger partial charge in [0, 0.05) is 18.1 Å². The predicted molar refractivity (Wildman–Crippen MR) is 90.1 cm³/mol.